The molecule has 6 aromatic rings. The number of rotatable bonds is 4. The fourth-order valence-corrected chi connectivity index (χ4v) is 14.1. The highest BCUT2D eigenvalue weighted by molar-refractivity contribution is 5.96. The lowest BCUT2D eigenvalue weighted by Gasteiger charge is -2.63. The summed E-state index contributed by atoms with van der Waals surface area (Å²) in [6, 6.07) is 49.0. The number of para-hydroxylation sites is 1. The van der Waals surface area contributed by atoms with Crippen molar-refractivity contribution >= 4 is 17.1 Å². The van der Waals surface area contributed by atoms with Gasteiger partial charge in [0.15, 0.2) is 5.75 Å². The summed E-state index contributed by atoms with van der Waals surface area (Å²) >= 11 is 0. The summed E-state index contributed by atoms with van der Waals surface area (Å²) in [4.78, 5) is 2.68. The van der Waals surface area contributed by atoms with Gasteiger partial charge < -0.3 is 9.64 Å². The summed E-state index contributed by atoms with van der Waals surface area (Å²) in [5, 5.41) is 0. The van der Waals surface area contributed by atoms with Crippen LogP contribution in [0.3, 0.4) is 0 Å². The van der Waals surface area contributed by atoms with Crippen molar-refractivity contribution in [1.82, 2.24) is 0 Å². The van der Waals surface area contributed by atoms with E-state index in [1.807, 2.05) is 0 Å². The zero-order valence-electron chi connectivity index (χ0n) is 35.7. The lowest BCUT2D eigenvalue weighted by Crippen LogP contribution is -2.57. The lowest BCUT2D eigenvalue weighted by atomic mass is 9.41. The summed E-state index contributed by atoms with van der Waals surface area (Å²) < 4.78 is 7.61. The van der Waals surface area contributed by atoms with E-state index in [0.29, 0.717) is 11.8 Å². The Kier molecular flexibility index (Phi) is 7.44. The molecule has 13 rings (SSSR count). The molecule has 1 aliphatic heterocycles. The molecule has 59 heavy (non-hydrogen) atoms. The van der Waals surface area contributed by atoms with Crippen LogP contribution in [0.1, 0.15) is 120 Å². The average molecular weight is 772 g/mol. The Morgan fingerprint density at radius 1 is 0.508 bits per heavy atom. The maximum absolute atomic E-state index is 7.61. The number of nitrogens with zero attached hydrogens (tertiary/aromatic N) is 1. The van der Waals surface area contributed by atoms with Crippen LogP contribution >= 0.6 is 0 Å². The Morgan fingerprint density at radius 2 is 1.14 bits per heavy atom. The minimum absolute atomic E-state index is 0.0240. The van der Waals surface area contributed by atoms with Gasteiger partial charge >= 0.3 is 0 Å². The molecule has 1 heterocycles. The van der Waals surface area contributed by atoms with E-state index in [1.54, 1.807) is 0 Å². The number of ether oxygens (including phenoxy) is 1. The van der Waals surface area contributed by atoms with E-state index in [0.717, 1.165) is 29.8 Å². The molecule has 296 valence electrons. The molecule has 4 bridgehead atoms. The highest BCUT2D eigenvalue weighted by Crippen LogP contribution is 2.70. The first-order valence-electron chi connectivity index (χ1n) is 22.7. The predicted octanol–water partition coefficient (Wildman–Crippen LogP) is 15.3. The lowest BCUT2D eigenvalue weighted by molar-refractivity contribution is -0.0451. The third-order valence-corrected chi connectivity index (χ3v) is 16.7. The Hall–Kier alpha value is -5.08. The van der Waals surface area contributed by atoms with Crippen molar-refractivity contribution in [2.75, 3.05) is 4.90 Å². The molecule has 0 amide bonds. The van der Waals surface area contributed by atoms with E-state index in [9.17, 15) is 0 Å². The maximum Gasteiger partial charge on any atom is 0.156 e. The molecule has 0 saturated heterocycles. The molecule has 6 aromatic carbocycles. The third-order valence-electron chi connectivity index (χ3n) is 16.7. The van der Waals surface area contributed by atoms with Crippen LogP contribution < -0.4 is 9.64 Å². The van der Waals surface area contributed by atoms with Crippen molar-refractivity contribution in [3.8, 4) is 33.8 Å². The van der Waals surface area contributed by atoms with Gasteiger partial charge in [0, 0.05) is 33.2 Å². The Labute approximate surface area is 351 Å². The average Bonchev–Trinajstić information content (AvgIpc) is 3.46. The molecule has 0 aromatic heterocycles. The van der Waals surface area contributed by atoms with Crippen LogP contribution in [0.2, 0.25) is 0 Å². The van der Waals surface area contributed by atoms with E-state index in [2.05, 4.69) is 174 Å². The fourth-order valence-electron chi connectivity index (χ4n) is 14.1. The van der Waals surface area contributed by atoms with Crippen LogP contribution in [0.5, 0.6) is 11.5 Å². The van der Waals surface area contributed by atoms with Crippen LogP contribution in [-0.2, 0) is 21.7 Å². The zero-order valence-corrected chi connectivity index (χ0v) is 35.7. The first kappa shape index (κ1) is 35.8. The standard InChI is InChI=1S/C57H57NO/c1-54(2)27-28-55(3,4)51-46(54)20-14-21-49(51)58(40-23-24-43-42-17-10-11-18-44(42)56(5,6)48(43)34-40)52-41(37-15-8-7-9-16-37)25-26-47-53(52)59-50-22-13-12-19-45(50)57(47)38-30-35-29-36(32-38)33-39(57)31-35/h7-26,34-36,38-39H,27-33H2,1-6H3. The van der Waals surface area contributed by atoms with Crippen LogP contribution in [0.4, 0.5) is 17.1 Å². The van der Waals surface area contributed by atoms with Gasteiger partial charge in [0.05, 0.1) is 11.4 Å². The minimum Gasteiger partial charge on any atom is -0.454 e. The molecule has 6 aliphatic carbocycles. The number of anilines is 3. The summed E-state index contributed by atoms with van der Waals surface area (Å²) in [6.45, 7) is 14.7. The molecule has 0 unspecified atom stereocenters. The van der Waals surface area contributed by atoms with Gasteiger partial charge in [-0.15, -0.1) is 0 Å². The normalized spacial score (nSPS) is 26.6. The van der Waals surface area contributed by atoms with E-state index < -0.39 is 0 Å². The fraction of sp³-hybridized carbons (Fsp3) is 0.368. The van der Waals surface area contributed by atoms with Gasteiger partial charge in [0.1, 0.15) is 5.75 Å². The van der Waals surface area contributed by atoms with Gasteiger partial charge in [-0.05, 0) is 143 Å². The van der Waals surface area contributed by atoms with Crippen molar-refractivity contribution in [2.45, 2.75) is 108 Å². The molecular formula is C57H57NO. The molecular weight excluding hydrogens is 715 g/mol. The Bertz CT molecular complexity index is 2670. The summed E-state index contributed by atoms with van der Waals surface area (Å²) in [6.07, 6.45) is 9.06. The minimum atomic E-state index is -0.136. The smallest absolute Gasteiger partial charge is 0.156 e. The van der Waals surface area contributed by atoms with Gasteiger partial charge in [-0.25, -0.2) is 0 Å². The van der Waals surface area contributed by atoms with Crippen LogP contribution in [0.15, 0.2) is 127 Å². The van der Waals surface area contributed by atoms with Crippen LogP contribution in [0.25, 0.3) is 22.3 Å². The molecule has 4 saturated carbocycles. The van der Waals surface area contributed by atoms with Crippen molar-refractivity contribution in [3.63, 3.8) is 0 Å². The highest BCUT2D eigenvalue weighted by Gasteiger charge is 2.62. The predicted molar refractivity (Wildman–Crippen MR) is 244 cm³/mol. The first-order valence-corrected chi connectivity index (χ1v) is 22.7. The van der Waals surface area contributed by atoms with Crippen molar-refractivity contribution < 1.29 is 4.74 Å². The largest absolute Gasteiger partial charge is 0.454 e. The number of hydrogen-bond donors (Lipinski definition) is 0. The Balaban J connectivity index is 1.20. The number of benzene rings is 6. The van der Waals surface area contributed by atoms with Crippen molar-refractivity contribution in [3.05, 3.63) is 161 Å². The highest BCUT2D eigenvalue weighted by atomic mass is 16.5. The molecule has 2 heteroatoms. The maximum atomic E-state index is 7.61. The van der Waals surface area contributed by atoms with E-state index >= 15 is 0 Å². The van der Waals surface area contributed by atoms with Gasteiger partial charge in [-0.2, -0.15) is 0 Å². The van der Waals surface area contributed by atoms with Crippen molar-refractivity contribution in [2.24, 2.45) is 23.7 Å². The molecule has 7 aliphatic rings. The monoisotopic (exact) mass is 771 g/mol. The summed E-state index contributed by atoms with van der Waals surface area (Å²) in [5.74, 6) is 5.08. The first-order chi connectivity index (χ1) is 28.5. The quantitative estimate of drug-likeness (QED) is 0.177. The van der Waals surface area contributed by atoms with E-state index in [-0.39, 0.29) is 21.7 Å². The van der Waals surface area contributed by atoms with Gasteiger partial charge in [-0.3, -0.25) is 0 Å². The molecule has 2 nitrogen and oxygen atoms in total. The second-order valence-electron chi connectivity index (χ2n) is 21.2. The SMILES string of the molecule is CC1(C)CCC(C)(C)c2c(N(c3ccc4c(c3)C(C)(C)c3ccccc3-4)c3c(-c4ccccc4)ccc4c3Oc3ccccc3C43C4CC5CC(C4)CC3C5)cccc21. The second-order valence-corrected chi connectivity index (χ2v) is 21.2. The van der Waals surface area contributed by atoms with E-state index in [1.165, 1.54) is 111 Å². The van der Waals surface area contributed by atoms with E-state index in [4.69, 9.17) is 4.74 Å². The zero-order chi connectivity index (χ0) is 40.1. The summed E-state index contributed by atoms with van der Waals surface area (Å²) in [7, 11) is 0. The molecule has 0 atom stereocenters. The number of hydrogen-bond acceptors (Lipinski definition) is 2. The molecule has 0 radical (unpaired) electrons. The third kappa shape index (κ3) is 4.87. The van der Waals surface area contributed by atoms with Gasteiger partial charge in [-0.1, -0.05) is 145 Å². The molecule has 0 N–H and O–H groups in total. The summed E-state index contributed by atoms with van der Waals surface area (Å²) in [5.41, 5.74) is 17.2. The second kappa shape index (κ2) is 12.2. The Morgan fingerprint density at radius 3 is 1.90 bits per heavy atom. The molecule has 1 spiro atoms. The topological polar surface area (TPSA) is 12.5 Å². The van der Waals surface area contributed by atoms with Crippen molar-refractivity contribution in [1.29, 1.82) is 0 Å². The van der Waals surface area contributed by atoms with Crippen LogP contribution in [-0.4, -0.2) is 0 Å². The molecule has 4 fully saturated rings. The van der Waals surface area contributed by atoms with Gasteiger partial charge in [0.25, 0.3) is 0 Å². The van der Waals surface area contributed by atoms with Gasteiger partial charge in [0.2, 0.25) is 0 Å². The van der Waals surface area contributed by atoms with Crippen LogP contribution in [0, 0.1) is 23.7 Å². The number of fused-ring (bicyclic) bond motifs is 6.